The zero-order valence-corrected chi connectivity index (χ0v) is 14.9. The molecule has 1 N–H and O–H groups in total. The SMILES string of the molecule is CC(C)CN1CCC2(CC1)NC(=O)N(CC(=O)c1cccs1)C2=O. The van der Waals surface area contributed by atoms with Crippen LogP contribution in [-0.4, -0.2) is 59.2 Å². The average molecular weight is 349 g/mol. The smallest absolute Gasteiger partial charge is 0.323 e. The van der Waals surface area contributed by atoms with Crippen LogP contribution >= 0.6 is 11.3 Å². The van der Waals surface area contributed by atoms with Crippen LogP contribution in [0.25, 0.3) is 0 Å². The van der Waals surface area contributed by atoms with Crippen molar-refractivity contribution in [3.8, 4) is 0 Å². The van der Waals surface area contributed by atoms with E-state index in [0.29, 0.717) is 23.6 Å². The number of thiophene rings is 1. The van der Waals surface area contributed by atoms with Crippen LogP contribution in [0.3, 0.4) is 0 Å². The number of nitrogens with one attached hydrogen (secondary N) is 1. The van der Waals surface area contributed by atoms with Crippen molar-refractivity contribution >= 4 is 29.1 Å². The first-order valence-electron chi connectivity index (χ1n) is 8.34. The molecule has 0 aliphatic carbocycles. The molecule has 2 aliphatic rings. The molecule has 3 rings (SSSR count). The van der Waals surface area contributed by atoms with Crippen LogP contribution < -0.4 is 5.32 Å². The van der Waals surface area contributed by atoms with Gasteiger partial charge in [-0.1, -0.05) is 19.9 Å². The molecule has 7 heteroatoms. The Bertz CT molecular complexity index is 634. The number of piperidine rings is 1. The van der Waals surface area contributed by atoms with E-state index in [0.717, 1.165) is 24.5 Å². The van der Waals surface area contributed by atoms with Crippen LogP contribution in [0.5, 0.6) is 0 Å². The summed E-state index contributed by atoms with van der Waals surface area (Å²) >= 11 is 1.32. The molecular weight excluding hydrogens is 326 g/mol. The van der Waals surface area contributed by atoms with Gasteiger partial charge in [-0.2, -0.15) is 0 Å². The summed E-state index contributed by atoms with van der Waals surface area (Å²) in [7, 11) is 0. The van der Waals surface area contributed by atoms with E-state index in [1.807, 2.05) is 5.38 Å². The van der Waals surface area contributed by atoms with Crippen molar-refractivity contribution in [2.45, 2.75) is 32.2 Å². The number of hydrogen-bond acceptors (Lipinski definition) is 5. The van der Waals surface area contributed by atoms with Crippen LogP contribution in [0.4, 0.5) is 4.79 Å². The van der Waals surface area contributed by atoms with Crippen molar-refractivity contribution in [2.75, 3.05) is 26.2 Å². The summed E-state index contributed by atoms with van der Waals surface area (Å²) in [6, 6.07) is 3.06. The molecule has 2 saturated heterocycles. The maximum Gasteiger partial charge on any atom is 0.325 e. The van der Waals surface area contributed by atoms with Crippen LogP contribution in [0.2, 0.25) is 0 Å². The summed E-state index contributed by atoms with van der Waals surface area (Å²) in [5, 5.41) is 4.67. The maximum atomic E-state index is 12.8. The normalized spacial score (nSPS) is 20.9. The largest absolute Gasteiger partial charge is 0.325 e. The number of carbonyl (C=O) groups is 3. The number of imide groups is 1. The zero-order valence-electron chi connectivity index (χ0n) is 14.1. The molecule has 1 aromatic rings. The second-order valence-electron chi connectivity index (χ2n) is 7.00. The molecule has 0 unspecified atom stereocenters. The van der Waals surface area contributed by atoms with Crippen LogP contribution in [0.1, 0.15) is 36.4 Å². The molecule has 0 atom stereocenters. The Morgan fingerprint density at radius 3 is 2.62 bits per heavy atom. The first-order valence-corrected chi connectivity index (χ1v) is 9.22. The van der Waals surface area contributed by atoms with Gasteiger partial charge in [-0.05, 0) is 30.2 Å². The van der Waals surface area contributed by atoms with Gasteiger partial charge in [0.05, 0.1) is 11.4 Å². The molecule has 1 spiro atoms. The van der Waals surface area contributed by atoms with Crippen molar-refractivity contribution in [3.63, 3.8) is 0 Å². The summed E-state index contributed by atoms with van der Waals surface area (Å²) in [5.74, 6) is 0.136. The molecule has 6 nitrogen and oxygen atoms in total. The molecular formula is C17H23N3O3S. The van der Waals surface area contributed by atoms with E-state index < -0.39 is 11.6 Å². The molecule has 0 saturated carbocycles. The molecule has 130 valence electrons. The van der Waals surface area contributed by atoms with Gasteiger partial charge in [0.15, 0.2) is 5.78 Å². The van der Waals surface area contributed by atoms with Gasteiger partial charge in [-0.3, -0.25) is 14.5 Å². The van der Waals surface area contributed by atoms with E-state index >= 15 is 0 Å². The fraction of sp³-hybridized carbons (Fsp3) is 0.588. The van der Waals surface area contributed by atoms with Gasteiger partial charge in [0.1, 0.15) is 5.54 Å². The number of amides is 3. The average Bonchev–Trinajstić information content (AvgIpc) is 3.13. The van der Waals surface area contributed by atoms with Crippen LogP contribution in [-0.2, 0) is 4.79 Å². The van der Waals surface area contributed by atoms with E-state index in [4.69, 9.17) is 0 Å². The number of carbonyl (C=O) groups excluding carboxylic acids is 3. The Balaban J connectivity index is 1.65. The molecule has 0 radical (unpaired) electrons. The summed E-state index contributed by atoms with van der Waals surface area (Å²) in [6.07, 6.45) is 1.21. The molecule has 3 heterocycles. The number of rotatable bonds is 5. The summed E-state index contributed by atoms with van der Waals surface area (Å²) in [5.41, 5.74) is -0.819. The summed E-state index contributed by atoms with van der Waals surface area (Å²) in [6.45, 7) is 6.74. The van der Waals surface area contributed by atoms with E-state index in [9.17, 15) is 14.4 Å². The third-order valence-corrected chi connectivity index (χ3v) is 5.59. The predicted molar refractivity (Wildman–Crippen MR) is 92.1 cm³/mol. The lowest BCUT2D eigenvalue weighted by atomic mass is 9.87. The highest BCUT2D eigenvalue weighted by Gasteiger charge is 2.52. The lowest BCUT2D eigenvalue weighted by molar-refractivity contribution is -0.132. The highest BCUT2D eigenvalue weighted by Crippen LogP contribution is 2.30. The van der Waals surface area contributed by atoms with Gasteiger partial charge < -0.3 is 10.2 Å². The van der Waals surface area contributed by atoms with Crippen molar-refractivity contribution in [1.82, 2.24) is 15.1 Å². The first kappa shape index (κ1) is 17.1. The van der Waals surface area contributed by atoms with Gasteiger partial charge in [-0.25, -0.2) is 4.79 Å². The maximum absolute atomic E-state index is 12.8. The van der Waals surface area contributed by atoms with Gasteiger partial charge in [0.25, 0.3) is 5.91 Å². The fourth-order valence-electron chi connectivity index (χ4n) is 3.45. The summed E-state index contributed by atoms with van der Waals surface area (Å²) < 4.78 is 0. The lowest BCUT2D eigenvalue weighted by Gasteiger charge is -2.37. The summed E-state index contributed by atoms with van der Waals surface area (Å²) in [4.78, 5) is 41.3. The van der Waals surface area contributed by atoms with Gasteiger partial charge >= 0.3 is 6.03 Å². The number of urea groups is 1. The molecule has 24 heavy (non-hydrogen) atoms. The Hall–Kier alpha value is -1.73. The number of ketones is 1. The molecule has 0 aromatic carbocycles. The number of hydrogen-bond donors (Lipinski definition) is 1. The van der Waals surface area contributed by atoms with Gasteiger partial charge in [0.2, 0.25) is 0 Å². The second-order valence-corrected chi connectivity index (χ2v) is 7.95. The van der Waals surface area contributed by atoms with Crippen LogP contribution in [0, 0.1) is 5.92 Å². The lowest BCUT2D eigenvalue weighted by Crippen LogP contribution is -2.55. The standard InChI is InChI=1S/C17H23N3O3S/c1-12(2)10-19-7-5-17(6-8-19)15(22)20(16(23)18-17)11-13(21)14-4-3-9-24-14/h3-4,9,12H,5-8,10-11H2,1-2H3,(H,18,23). The second kappa shape index (κ2) is 6.64. The molecule has 3 amide bonds. The quantitative estimate of drug-likeness (QED) is 0.652. The first-order chi connectivity index (χ1) is 11.4. The number of nitrogens with zero attached hydrogens (tertiary/aromatic N) is 2. The van der Waals surface area contributed by atoms with Crippen LogP contribution in [0.15, 0.2) is 17.5 Å². The topological polar surface area (TPSA) is 69.7 Å². The number of Topliss-reactive ketones (excluding diaryl/α,β-unsaturated/α-hetero) is 1. The third-order valence-electron chi connectivity index (χ3n) is 4.68. The molecule has 2 fully saturated rings. The minimum absolute atomic E-state index is 0.178. The number of likely N-dealkylation sites (tertiary alicyclic amines) is 1. The van der Waals surface area contributed by atoms with E-state index in [1.54, 1.807) is 12.1 Å². The zero-order chi connectivity index (χ0) is 17.3. The Kier molecular flexibility index (Phi) is 4.73. The van der Waals surface area contributed by atoms with E-state index in [2.05, 4.69) is 24.1 Å². The van der Waals surface area contributed by atoms with Crippen molar-refractivity contribution in [3.05, 3.63) is 22.4 Å². The molecule has 1 aromatic heterocycles. The van der Waals surface area contributed by atoms with E-state index in [1.165, 1.54) is 11.3 Å². The van der Waals surface area contributed by atoms with Crippen molar-refractivity contribution in [1.29, 1.82) is 0 Å². The van der Waals surface area contributed by atoms with Gasteiger partial charge in [0, 0.05) is 19.6 Å². The predicted octanol–water partition coefficient (Wildman–Crippen LogP) is 1.97. The Morgan fingerprint density at radius 2 is 2.04 bits per heavy atom. The van der Waals surface area contributed by atoms with Crippen molar-refractivity contribution in [2.24, 2.45) is 5.92 Å². The Labute approximate surface area is 145 Å². The monoisotopic (exact) mass is 349 g/mol. The highest BCUT2D eigenvalue weighted by atomic mass is 32.1. The minimum atomic E-state index is -0.819. The third kappa shape index (κ3) is 3.23. The van der Waals surface area contributed by atoms with Crippen molar-refractivity contribution < 1.29 is 14.4 Å². The molecule has 0 bridgehead atoms. The fourth-order valence-corrected chi connectivity index (χ4v) is 4.11. The minimum Gasteiger partial charge on any atom is -0.323 e. The highest BCUT2D eigenvalue weighted by molar-refractivity contribution is 7.12. The van der Waals surface area contributed by atoms with E-state index in [-0.39, 0.29) is 18.2 Å². The van der Waals surface area contributed by atoms with Gasteiger partial charge in [-0.15, -0.1) is 11.3 Å². The molecule has 2 aliphatic heterocycles. The Morgan fingerprint density at radius 1 is 1.33 bits per heavy atom.